The Kier molecular flexibility index (Phi) is 5.93. The van der Waals surface area contributed by atoms with Crippen molar-refractivity contribution in [2.75, 3.05) is 12.3 Å². The molecule has 1 N–H and O–H groups in total. The highest BCUT2D eigenvalue weighted by Crippen LogP contribution is 2.21. The number of rotatable bonds is 6. The summed E-state index contributed by atoms with van der Waals surface area (Å²) in [5, 5.41) is 2.79. The predicted molar refractivity (Wildman–Crippen MR) is 65.0 cm³/mol. The van der Waals surface area contributed by atoms with Gasteiger partial charge in [0.15, 0.2) is 0 Å². The first kappa shape index (κ1) is 13.0. The molecule has 0 aromatic heterocycles. The maximum Gasteiger partial charge on any atom is 0.220 e. The van der Waals surface area contributed by atoms with E-state index in [1.54, 1.807) is 18.2 Å². The molecule has 0 saturated carbocycles. The fourth-order valence-electron chi connectivity index (χ4n) is 1.17. The summed E-state index contributed by atoms with van der Waals surface area (Å²) < 4.78 is 13.2. The van der Waals surface area contributed by atoms with Gasteiger partial charge in [-0.15, -0.1) is 11.8 Å². The molecule has 0 atom stereocenters. The standard InChI is InChI=1S/C12H16FNOS/c1-2-8-14-12(15)7-9-16-11-6-4-3-5-10(11)13/h3-6H,2,7-9H2,1H3,(H,14,15). The number of carbonyl (C=O) groups is 1. The lowest BCUT2D eigenvalue weighted by Crippen LogP contribution is -2.24. The minimum atomic E-state index is -0.221. The van der Waals surface area contributed by atoms with E-state index in [0.29, 0.717) is 23.6 Å². The number of benzene rings is 1. The highest BCUT2D eigenvalue weighted by atomic mass is 32.2. The van der Waals surface area contributed by atoms with Crippen molar-refractivity contribution in [2.45, 2.75) is 24.7 Å². The van der Waals surface area contributed by atoms with E-state index in [4.69, 9.17) is 0 Å². The van der Waals surface area contributed by atoms with Crippen LogP contribution >= 0.6 is 11.8 Å². The minimum absolute atomic E-state index is 0.0330. The van der Waals surface area contributed by atoms with Crippen molar-refractivity contribution in [3.63, 3.8) is 0 Å². The van der Waals surface area contributed by atoms with Gasteiger partial charge in [0, 0.05) is 23.6 Å². The molecule has 0 unspecified atom stereocenters. The summed E-state index contributed by atoms with van der Waals surface area (Å²) in [6, 6.07) is 6.61. The van der Waals surface area contributed by atoms with E-state index in [9.17, 15) is 9.18 Å². The Morgan fingerprint density at radius 1 is 1.44 bits per heavy atom. The Labute approximate surface area is 99.6 Å². The third kappa shape index (κ3) is 4.66. The quantitative estimate of drug-likeness (QED) is 0.776. The molecule has 16 heavy (non-hydrogen) atoms. The number of carbonyl (C=O) groups excluding carboxylic acids is 1. The minimum Gasteiger partial charge on any atom is -0.356 e. The summed E-state index contributed by atoms with van der Waals surface area (Å²) in [7, 11) is 0. The number of thioether (sulfide) groups is 1. The largest absolute Gasteiger partial charge is 0.356 e. The van der Waals surface area contributed by atoms with Gasteiger partial charge < -0.3 is 5.32 Å². The second kappa shape index (κ2) is 7.28. The lowest BCUT2D eigenvalue weighted by Gasteiger charge is -2.04. The fourth-order valence-corrected chi connectivity index (χ4v) is 2.06. The van der Waals surface area contributed by atoms with Crippen molar-refractivity contribution in [3.8, 4) is 0 Å². The van der Waals surface area contributed by atoms with Crippen molar-refractivity contribution in [2.24, 2.45) is 0 Å². The molecule has 1 aromatic carbocycles. The molecule has 88 valence electrons. The van der Waals surface area contributed by atoms with Gasteiger partial charge in [-0.1, -0.05) is 19.1 Å². The van der Waals surface area contributed by atoms with Crippen LogP contribution in [0.25, 0.3) is 0 Å². The van der Waals surface area contributed by atoms with E-state index >= 15 is 0 Å². The summed E-state index contributed by atoms with van der Waals surface area (Å²) in [5.41, 5.74) is 0. The zero-order valence-electron chi connectivity index (χ0n) is 9.33. The summed E-state index contributed by atoms with van der Waals surface area (Å²) in [6.07, 6.45) is 1.37. The lowest BCUT2D eigenvalue weighted by atomic mass is 10.3. The normalized spacial score (nSPS) is 10.1. The molecular formula is C12H16FNOS. The van der Waals surface area contributed by atoms with Crippen LogP contribution in [0.2, 0.25) is 0 Å². The van der Waals surface area contributed by atoms with E-state index in [-0.39, 0.29) is 11.7 Å². The SMILES string of the molecule is CCCNC(=O)CCSc1ccccc1F. The molecule has 1 rings (SSSR count). The first-order valence-electron chi connectivity index (χ1n) is 5.38. The molecule has 0 fully saturated rings. The van der Waals surface area contributed by atoms with Crippen molar-refractivity contribution >= 4 is 17.7 Å². The Balaban J connectivity index is 2.25. The number of halogens is 1. The first-order valence-corrected chi connectivity index (χ1v) is 6.36. The molecule has 1 aromatic rings. The average molecular weight is 241 g/mol. The third-order valence-corrected chi connectivity index (χ3v) is 3.05. The van der Waals surface area contributed by atoms with Crippen LogP contribution in [0, 0.1) is 5.82 Å². The number of hydrogen-bond acceptors (Lipinski definition) is 2. The van der Waals surface area contributed by atoms with Gasteiger partial charge in [0.25, 0.3) is 0 Å². The van der Waals surface area contributed by atoms with Gasteiger partial charge in [-0.2, -0.15) is 0 Å². The summed E-state index contributed by atoms with van der Waals surface area (Å²) in [5.74, 6) is 0.420. The maximum absolute atomic E-state index is 13.2. The molecule has 0 saturated heterocycles. The average Bonchev–Trinajstić information content (AvgIpc) is 2.29. The van der Waals surface area contributed by atoms with Crippen LogP contribution in [0.3, 0.4) is 0 Å². The monoisotopic (exact) mass is 241 g/mol. The smallest absolute Gasteiger partial charge is 0.220 e. The van der Waals surface area contributed by atoms with Crippen LogP contribution in [0.5, 0.6) is 0 Å². The molecule has 0 heterocycles. The number of amides is 1. The van der Waals surface area contributed by atoms with E-state index in [1.165, 1.54) is 17.8 Å². The van der Waals surface area contributed by atoms with Crippen molar-refractivity contribution < 1.29 is 9.18 Å². The molecule has 0 bridgehead atoms. The van der Waals surface area contributed by atoms with Crippen LogP contribution in [-0.2, 0) is 4.79 Å². The molecule has 0 aliphatic heterocycles. The molecule has 0 spiro atoms. The third-order valence-electron chi connectivity index (χ3n) is 2.00. The van der Waals surface area contributed by atoms with Gasteiger partial charge in [0.1, 0.15) is 5.82 Å². The van der Waals surface area contributed by atoms with E-state index in [2.05, 4.69) is 5.32 Å². The molecule has 0 aliphatic carbocycles. The van der Waals surface area contributed by atoms with Crippen molar-refractivity contribution in [3.05, 3.63) is 30.1 Å². The highest BCUT2D eigenvalue weighted by Gasteiger charge is 2.03. The Morgan fingerprint density at radius 3 is 2.88 bits per heavy atom. The predicted octanol–water partition coefficient (Wildman–Crippen LogP) is 2.83. The topological polar surface area (TPSA) is 29.1 Å². The van der Waals surface area contributed by atoms with E-state index in [1.807, 2.05) is 6.92 Å². The van der Waals surface area contributed by atoms with Gasteiger partial charge in [-0.05, 0) is 18.6 Å². The fraction of sp³-hybridized carbons (Fsp3) is 0.417. The van der Waals surface area contributed by atoms with Crippen molar-refractivity contribution in [1.82, 2.24) is 5.32 Å². The first-order chi connectivity index (χ1) is 7.74. The van der Waals surface area contributed by atoms with E-state index < -0.39 is 0 Å². The van der Waals surface area contributed by atoms with Crippen LogP contribution in [0.1, 0.15) is 19.8 Å². The summed E-state index contributed by atoms with van der Waals surface area (Å²) >= 11 is 1.37. The van der Waals surface area contributed by atoms with Gasteiger partial charge >= 0.3 is 0 Å². The highest BCUT2D eigenvalue weighted by molar-refractivity contribution is 7.99. The van der Waals surface area contributed by atoms with Gasteiger partial charge in [-0.25, -0.2) is 4.39 Å². The zero-order chi connectivity index (χ0) is 11.8. The van der Waals surface area contributed by atoms with Gasteiger partial charge in [0.05, 0.1) is 0 Å². The lowest BCUT2D eigenvalue weighted by molar-refractivity contribution is -0.120. The molecule has 0 radical (unpaired) electrons. The van der Waals surface area contributed by atoms with Gasteiger partial charge in [0.2, 0.25) is 5.91 Å². The van der Waals surface area contributed by atoms with Gasteiger partial charge in [-0.3, -0.25) is 4.79 Å². The Hall–Kier alpha value is -1.03. The van der Waals surface area contributed by atoms with Crippen molar-refractivity contribution in [1.29, 1.82) is 0 Å². The number of hydrogen-bond donors (Lipinski definition) is 1. The van der Waals surface area contributed by atoms with E-state index in [0.717, 1.165) is 6.42 Å². The van der Waals surface area contributed by atoms with Crippen LogP contribution in [0.4, 0.5) is 4.39 Å². The molecule has 2 nitrogen and oxygen atoms in total. The Morgan fingerprint density at radius 2 is 2.19 bits per heavy atom. The second-order valence-electron chi connectivity index (χ2n) is 3.38. The molecule has 0 aliphatic rings. The van der Waals surface area contributed by atoms with Crippen LogP contribution < -0.4 is 5.32 Å². The maximum atomic E-state index is 13.2. The second-order valence-corrected chi connectivity index (χ2v) is 4.52. The molecular weight excluding hydrogens is 225 g/mol. The van der Waals surface area contributed by atoms with Crippen LogP contribution in [-0.4, -0.2) is 18.2 Å². The Bertz CT molecular complexity index is 344. The summed E-state index contributed by atoms with van der Waals surface area (Å²) in [6.45, 7) is 2.72. The molecule has 4 heteroatoms. The van der Waals surface area contributed by atoms with Crippen LogP contribution in [0.15, 0.2) is 29.2 Å². The molecule has 1 amide bonds. The number of nitrogens with one attached hydrogen (secondary N) is 1. The summed E-state index contributed by atoms with van der Waals surface area (Å²) in [4.78, 5) is 11.9. The zero-order valence-corrected chi connectivity index (χ0v) is 10.1.